The minimum absolute atomic E-state index is 0.234. The molecule has 20 heavy (non-hydrogen) atoms. The third-order valence-electron chi connectivity index (χ3n) is 2.80. The number of ether oxygens (including phenoxy) is 2. The summed E-state index contributed by atoms with van der Waals surface area (Å²) in [7, 11) is 0. The van der Waals surface area contributed by atoms with Gasteiger partial charge in [0, 0.05) is 10.7 Å². The summed E-state index contributed by atoms with van der Waals surface area (Å²) in [6.45, 7) is 0.999. The number of aromatic nitrogens is 1. The van der Waals surface area contributed by atoms with Crippen molar-refractivity contribution in [2.45, 2.75) is 0 Å². The summed E-state index contributed by atoms with van der Waals surface area (Å²) in [6, 6.07) is 6.95. The SMILES string of the molecule is O=C(Nc1cccnc1)c1cc2c(cc1Br)OCCO2. The minimum Gasteiger partial charge on any atom is -0.486 e. The van der Waals surface area contributed by atoms with E-state index in [-0.39, 0.29) is 5.91 Å². The molecule has 0 unspecified atom stereocenters. The molecule has 1 aromatic heterocycles. The molecule has 2 aromatic rings. The molecule has 1 aliphatic heterocycles. The van der Waals surface area contributed by atoms with Gasteiger partial charge in [-0.25, -0.2) is 0 Å². The zero-order valence-corrected chi connectivity index (χ0v) is 12.0. The summed E-state index contributed by atoms with van der Waals surface area (Å²) in [4.78, 5) is 16.2. The van der Waals surface area contributed by atoms with Crippen LogP contribution in [0.2, 0.25) is 0 Å². The van der Waals surface area contributed by atoms with Gasteiger partial charge in [-0.1, -0.05) is 0 Å². The van der Waals surface area contributed by atoms with Crippen LogP contribution in [0.5, 0.6) is 11.5 Å². The van der Waals surface area contributed by atoms with Gasteiger partial charge >= 0.3 is 0 Å². The molecule has 2 heterocycles. The highest BCUT2D eigenvalue weighted by Gasteiger charge is 2.18. The van der Waals surface area contributed by atoms with Gasteiger partial charge in [0.15, 0.2) is 11.5 Å². The topological polar surface area (TPSA) is 60.5 Å². The molecule has 1 aromatic carbocycles. The van der Waals surface area contributed by atoms with Crippen molar-refractivity contribution in [3.8, 4) is 11.5 Å². The van der Waals surface area contributed by atoms with Gasteiger partial charge in [0.25, 0.3) is 5.91 Å². The predicted molar refractivity (Wildman–Crippen MR) is 77.3 cm³/mol. The highest BCUT2D eigenvalue weighted by molar-refractivity contribution is 9.10. The van der Waals surface area contributed by atoms with E-state index >= 15 is 0 Å². The van der Waals surface area contributed by atoms with Crippen LogP contribution in [0.25, 0.3) is 0 Å². The molecule has 0 bridgehead atoms. The number of fused-ring (bicyclic) bond motifs is 1. The zero-order chi connectivity index (χ0) is 13.9. The average molecular weight is 335 g/mol. The van der Waals surface area contributed by atoms with E-state index in [2.05, 4.69) is 26.2 Å². The summed E-state index contributed by atoms with van der Waals surface area (Å²) in [5, 5.41) is 2.78. The lowest BCUT2D eigenvalue weighted by atomic mass is 10.1. The van der Waals surface area contributed by atoms with Crippen molar-refractivity contribution < 1.29 is 14.3 Å². The van der Waals surface area contributed by atoms with Gasteiger partial charge in [-0.2, -0.15) is 0 Å². The first-order valence-corrected chi connectivity index (χ1v) is 6.84. The smallest absolute Gasteiger partial charge is 0.256 e. The predicted octanol–water partition coefficient (Wildman–Crippen LogP) is 2.87. The maximum absolute atomic E-state index is 12.3. The normalized spacial score (nSPS) is 12.8. The summed E-state index contributed by atoms with van der Waals surface area (Å²) < 4.78 is 11.6. The lowest BCUT2D eigenvalue weighted by molar-refractivity contribution is 0.102. The largest absolute Gasteiger partial charge is 0.486 e. The first-order valence-electron chi connectivity index (χ1n) is 6.04. The summed E-state index contributed by atoms with van der Waals surface area (Å²) >= 11 is 3.38. The number of carbonyl (C=O) groups is 1. The Morgan fingerprint density at radius 1 is 1.25 bits per heavy atom. The molecular formula is C14H11BrN2O3. The van der Waals surface area contributed by atoms with Crippen molar-refractivity contribution in [3.05, 3.63) is 46.7 Å². The Labute approximate surface area is 124 Å². The summed E-state index contributed by atoms with van der Waals surface area (Å²) in [6.07, 6.45) is 3.24. The van der Waals surface area contributed by atoms with Crippen LogP contribution in [-0.4, -0.2) is 24.1 Å². The monoisotopic (exact) mass is 334 g/mol. The van der Waals surface area contributed by atoms with E-state index < -0.39 is 0 Å². The van der Waals surface area contributed by atoms with Crippen molar-refractivity contribution in [2.24, 2.45) is 0 Å². The van der Waals surface area contributed by atoms with Gasteiger partial charge in [0.2, 0.25) is 0 Å². The number of halogens is 1. The van der Waals surface area contributed by atoms with Gasteiger partial charge in [0.1, 0.15) is 13.2 Å². The molecule has 102 valence electrons. The van der Waals surface area contributed by atoms with Crippen molar-refractivity contribution in [1.29, 1.82) is 0 Å². The Balaban J connectivity index is 1.88. The van der Waals surface area contributed by atoms with Crippen LogP contribution >= 0.6 is 15.9 Å². The Hall–Kier alpha value is -2.08. The number of hydrogen-bond donors (Lipinski definition) is 1. The molecule has 0 saturated heterocycles. The van der Waals surface area contributed by atoms with Crippen LogP contribution in [0.4, 0.5) is 5.69 Å². The van der Waals surface area contributed by atoms with E-state index in [0.29, 0.717) is 40.4 Å². The Bertz CT molecular complexity index is 646. The molecule has 0 aliphatic carbocycles. The van der Waals surface area contributed by atoms with E-state index in [1.807, 2.05) is 0 Å². The number of nitrogens with zero attached hydrogens (tertiary/aromatic N) is 1. The van der Waals surface area contributed by atoms with Crippen molar-refractivity contribution in [3.63, 3.8) is 0 Å². The molecule has 0 saturated carbocycles. The van der Waals surface area contributed by atoms with E-state index in [0.717, 1.165) is 0 Å². The van der Waals surface area contributed by atoms with Gasteiger partial charge in [-0.15, -0.1) is 0 Å². The third-order valence-corrected chi connectivity index (χ3v) is 3.45. The average Bonchev–Trinajstić information content (AvgIpc) is 2.47. The van der Waals surface area contributed by atoms with Gasteiger partial charge < -0.3 is 14.8 Å². The second-order valence-electron chi connectivity index (χ2n) is 4.17. The zero-order valence-electron chi connectivity index (χ0n) is 10.4. The molecule has 0 radical (unpaired) electrons. The van der Waals surface area contributed by atoms with Crippen LogP contribution in [-0.2, 0) is 0 Å². The molecule has 1 N–H and O–H groups in total. The molecule has 1 amide bonds. The number of amides is 1. The lowest BCUT2D eigenvalue weighted by Gasteiger charge is -2.19. The molecule has 6 heteroatoms. The van der Waals surface area contributed by atoms with E-state index in [9.17, 15) is 4.79 Å². The standard InChI is InChI=1S/C14H11BrN2O3/c15-11-7-13-12(19-4-5-20-13)6-10(11)14(18)17-9-2-1-3-16-8-9/h1-3,6-8H,4-5H2,(H,17,18). The number of hydrogen-bond acceptors (Lipinski definition) is 4. The lowest BCUT2D eigenvalue weighted by Crippen LogP contribution is -2.17. The summed E-state index contributed by atoms with van der Waals surface area (Å²) in [5.74, 6) is 0.985. The minimum atomic E-state index is -0.234. The highest BCUT2D eigenvalue weighted by atomic mass is 79.9. The summed E-state index contributed by atoms with van der Waals surface area (Å²) in [5.41, 5.74) is 1.12. The van der Waals surface area contributed by atoms with Crippen LogP contribution in [0.1, 0.15) is 10.4 Å². The van der Waals surface area contributed by atoms with Crippen molar-refractivity contribution in [1.82, 2.24) is 4.98 Å². The fourth-order valence-corrected chi connectivity index (χ4v) is 2.38. The second-order valence-corrected chi connectivity index (χ2v) is 5.03. The molecule has 0 atom stereocenters. The number of rotatable bonds is 2. The van der Waals surface area contributed by atoms with Crippen molar-refractivity contribution in [2.75, 3.05) is 18.5 Å². The van der Waals surface area contributed by atoms with Crippen LogP contribution in [0, 0.1) is 0 Å². The van der Waals surface area contributed by atoms with E-state index in [1.165, 1.54) is 0 Å². The Morgan fingerprint density at radius 3 is 2.70 bits per heavy atom. The molecule has 0 spiro atoms. The van der Waals surface area contributed by atoms with E-state index in [4.69, 9.17) is 9.47 Å². The van der Waals surface area contributed by atoms with Crippen LogP contribution in [0.3, 0.4) is 0 Å². The number of pyridine rings is 1. The molecule has 3 rings (SSSR count). The number of benzene rings is 1. The Morgan fingerprint density at radius 2 is 2.00 bits per heavy atom. The first kappa shape index (κ1) is 12.9. The highest BCUT2D eigenvalue weighted by Crippen LogP contribution is 2.35. The number of anilines is 1. The maximum Gasteiger partial charge on any atom is 0.256 e. The number of nitrogens with one attached hydrogen (secondary N) is 1. The molecule has 1 aliphatic rings. The van der Waals surface area contributed by atoms with Crippen LogP contribution in [0.15, 0.2) is 41.1 Å². The van der Waals surface area contributed by atoms with Gasteiger partial charge in [-0.3, -0.25) is 9.78 Å². The van der Waals surface area contributed by atoms with Crippen molar-refractivity contribution >= 4 is 27.5 Å². The van der Waals surface area contributed by atoms with E-state index in [1.54, 1.807) is 36.7 Å². The maximum atomic E-state index is 12.3. The molecule has 5 nitrogen and oxygen atoms in total. The Kier molecular flexibility index (Phi) is 3.56. The molecule has 0 fully saturated rings. The third kappa shape index (κ3) is 2.60. The first-order chi connectivity index (χ1) is 9.74. The van der Waals surface area contributed by atoms with Crippen LogP contribution < -0.4 is 14.8 Å². The second kappa shape index (κ2) is 5.50. The number of carbonyl (C=O) groups excluding carboxylic acids is 1. The van der Waals surface area contributed by atoms with Gasteiger partial charge in [0.05, 0.1) is 17.4 Å². The van der Waals surface area contributed by atoms with Gasteiger partial charge in [-0.05, 0) is 40.2 Å². The quantitative estimate of drug-likeness (QED) is 0.917. The fourth-order valence-electron chi connectivity index (χ4n) is 1.87. The fraction of sp³-hybridized carbons (Fsp3) is 0.143. The molecular weight excluding hydrogens is 324 g/mol.